The van der Waals surface area contributed by atoms with Crippen LogP contribution in [0, 0.1) is 0 Å². The number of rotatable bonds is 4. The molecule has 0 spiro atoms. The minimum absolute atomic E-state index is 0.00358. The van der Waals surface area contributed by atoms with E-state index in [0.717, 1.165) is 0 Å². The third-order valence-electron chi connectivity index (χ3n) is 3.99. The van der Waals surface area contributed by atoms with E-state index in [1.807, 2.05) is 0 Å². The summed E-state index contributed by atoms with van der Waals surface area (Å²) < 4.78 is 56.5. The van der Waals surface area contributed by atoms with Gasteiger partial charge in [-0.15, -0.1) is 0 Å². The lowest BCUT2D eigenvalue weighted by atomic mass is 10.1. The smallest absolute Gasteiger partial charge is 0.259 e. The molecule has 1 aromatic rings. The van der Waals surface area contributed by atoms with Crippen molar-refractivity contribution in [1.82, 2.24) is 4.72 Å². The van der Waals surface area contributed by atoms with E-state index in [1.54, 1.807) is 31.2 Å². The van der Waals surface area contributed by atoms with Crippen LogP contribution in [-0.2, 0) is 10.0 Å². The van der Waals surface area contributed by atoms with E-state index in [9.17, 15) is 17.2 Å². The van der Waals surface area contributed by atoms with Crippen molar-refractivity contribution in [3.05, 3.63) is 29.8 Å². The highest BCUT2D eigenvalue weighted by Gasteiger charge is 2.62. The molecule has 20 heavy (non-hydrogen) atoms. The second kappa shape index (κ2) is 4.39. The first-order valence-electron chi connectivity index (χ1n) is 6.43. The topological polar surface area (TPSA) is 55.4 Å². The fourth-order valence-electron chi connectivity index (χ4n) is 2.54. The number of hydrogen-bond donors (Lipinski definition) is 1. The van der Waals surface area contributed by atoms with Crippen molar-refractivity contribution in [3.8, 4) is 5.75 Å². The van der Waals surface area contributed by atoms with E-state index in [2.05, 4.69) is 4.72 Å². The molecule has 1 heterocycles. The summed E-state index contributed by atoms with van der Waals surface area (Å²) in [5, 5.41) is 0. The predicted octanol–water partition coefficient (Wildman–Crippen LogP) is 2.23. The highest BCUT2D eigenvalue weighted by molar-refractivity contribution is 7.91. The number of halogens is 2. The van der Waals surface area contributed by atoms with Crippen LogP contribution in [0.5, 0.6) is 5.75 Å². The lowest BCUT2D eigenvalue weighted by Crippen LogP contribution is -2.44. The summed E-state index contributed by atoms with van der Waals surface area (Å²) in [6, 6.07) is 6.41. The van der Waals surface area contributed by atoms with Crippen LogP contribution in [0.4, 0.5) is 8.78 Å². The molecule has 0 amide bonds. The van der Waals surface area contributed by atoms with Gasteiger partial charge in [0, 0.05) is 5.56 Å². The normalized spacial score (nSPS) is 27.2. The Morgan fingerprint density at radius 1 is 1.35 bits per heavy atom. The Labute approximate surface area is 116 Å². The summed E-state index contributed by atoms with van der Waals surface area (Å²) in [4.78, 5) is 0. The van der Waals surface area contributed by atoms with Crippen LogP contribution in [0.15, 0.2) is 24.3 Å². The van der Waals surface area contributed by atoms with Gasteiger partial charge in [0.1, 0.15) is 16.6 Å². The van der Waals surface area contributed by atoms with Crippen LogP contribution in [0.25, 0.3) is 0 Å². The summed E-state index contributed by atoms with van der Waals surface area (Å²) in [5.41, 5.74) is 0.689. The van der Waals surface area contributed by atoms with Gasteiger partial charge in [-0.1, -0.05) is 18.2 Å². The molecule has 1 aliphatic carbocycles. The van der Waals surface area contributed by atoms with Crippen molar-refractivity contribution in [2.24, 2.45) is 0 Å². The molecule has 2 unspecified atom stereocenters. The van der Waals surface area contributed by atoms with Crippen molar-refractivity contribution >= 4 is 10.0 Å². The maximum atomic E-state index is 13.0. The van der Waals surface area contributed by atoms with E-state index in [4.69, 9.17) is 4.74 Å². The number of alkyl halides is 2. The zero-order chi connectivity index (χ0) is 14.5. The van der Waals surface area contributed by atoms with Crippen LogP contribution in [0.1, 0.15) is 31.4 Å². The minimum Gasteiger partial charge on any atom is -0.488 e. The molecule has 1 aliphatic heterocycles. The van der Waals surface area contributed by atoms with Gasteiger partial charge in [-0.2, -0.15) is 0 Å². The summed E-state index contributed by atoms with van der Waals surface area (Å²) in [5.74, 6) is 0.592. The Morgan fingerprint density at radius 2 is 2.00 bits per heavy atom. The number of ether oxygens (including phenoxy) is 1. The molecule has 4 nitrogen and oxygen atoms in total. The van der Waals surface area contributed by atoms with E-state index in [-0.39, 0.29) is 12.8 Å². The molecule has 1 saturated carbocycles. The second-order valence-corrected chi connectivity index (χ2v) is 7.38. The van der Waals surface area contributed by atoms with E-state index in [1.165, 1.54) is 0 Å². The lowest BCUT2D eigenvalue weighted by Gasteiger charge is -2.21. The molecule has 0 saturated heterocycles. The van der Waals surface area contributed by atoms with Crippen LogP contribution in [0.2, 0.25) is 0 Å². The molecule has 0 aromatic heterocycles. The molecule has 2 aliphatic rings. The molecule has 110 valence electrons. The average Bonchev–Trinajstić information content (AvgIpc) is 3.14. The van der Waals surface area contributed by atoms with Crippen LogP contribution >= 0.6 is 0 Å². The van der Waals surface area contributed by atoms with Crippen molar-refractivity contribution in [1.29, 1.82) is 0 Å². The molecule has 0 radical (unpaired) electrons. The van der Waals surface area contributed by atoms with Crippen LogP contribution in [0.3, 0.4) is 0 Å². The standard InChI is InChI=1S/C13H15F2NO3S/c1-8-11(9-4-2-3-5-10(9)19-8)16-20(17,18)13(6-7-13)12(14)15/h2-5,8,11-12,16H,6-7H2,1H3. The first kappa shape index (κ1) is 13.8. The number of hydrogen-bond acceptors (Lipinski definition) is 3. The number of benzene rings is 1. The summed E-state index contributed by atoms with van der Waals surface area (Å²) >= 11 is 0. The van der Waals surface area contributed by atoms with E-state index < -0.39 is 33.3 Å². The lowest BCUT2D eigenvalue weighted by molar-refractivity contribution is 0.131. The summed E-state index contributed by atoms with van der Waals surface area (Å²) in [6.07, 6.45) is -3.28. The van der Waals surface area contributed by atoms with Gasteiger partial charge >= 0.3 is 0 Å². The number of nitrogens with one attached hydrogen (secondary N) is 1. The highest BCUT2D eigenvalue weighted by Crippen LogP contribution is 2.49. The maximum absolute atomic E-state index is 13.0. The third kappa shape index (κ3) is 1.91. The third-order valence-corrected chi connectivity index (χ3v) is 6.22. The first-order chi connectivity index (χ1) is 9.37. The second-order valence-electron chi connectivity index (χ2n) is 5.33. The maximum Gasteiger partial charge on any atom is 0.259 e. The average molecular weight is 303 g/mol. The SMILES string of the molecule is CC1Oc2ccccc2C1NS(=O)(=O)C1(C(F)F)CC1. The van der Waals surface area contributed by atoms with Gasteiger partial charge in [0.25, 0.3) is 6.43 Å². The van der Waals surface area contributed by atoms with Crippen LogP contribution < -0.4 is 9.46 Å². The number of para-hydroxylation sites is 1. The quantitative estimate of drug-likeness (QED) is 0.928. The number of fused-ring (bicyclic) bond motifs is 1. The van der Waals surface area contributed by atoms with Crippen molar-refractivity contribution < 1.29 is 21.9 Å². The molecular formula is C13H15F2NO3S. The molecule has 0 bridgehead atoms. The molecule has 1 aromatic carbocycles. The monoisotopic (exact) mass is 303 g/mol. The summed E-state index contributed by atoms with van der Waals surface area (Å²) in [6.45, 7) is 1.72. The van der Waals surface area contributed by atoms with Gasteiger partial charge in [0.05, 0.1) is 6.04 Å². The number of sulfonamides is 1. The van der Waals surface area contributed by atoms with Gasteiger partial charge < -0.3 is 4.74 Å². The Balaban J connectivity index is 1.89. The van der Waals surface area contributed by atoms with Crippen molar-refractivity contribution in [2.75, 3.05) is 0 Å². The van der Waals surface area contributed by atoms with Crippen molar-refractivity contribution in [2.45, 2.75) is 43.1 Å². The zero-order valence-corrected chi connectivity index (χ0v) is 11.7. The molecule has 1 fully saturated rings. The zero-order valence-electron chi connectivity index (χ0n) is 10.8. The molecule has 1 N–H and O–H groups in total. The van der Waals surface area contributed by atoms with Gasteiger partial charge in [-0.05, 0) is 25.8 Å². The Morgan fingerprint density at radius 3 is 2.60 bits per heavy atom. The van der Waals surface area contributed by atoms with Gasteiger partial charge in [-0.3, -0.25) is 0 Å². The van der Waals surface area contributed by atoms with Gasteiger partial charge in [0.15, 0.2) is 0 Å². The molecule has 2 atom stereocenters. The Hall–Kier alpha value is -1.21. The first-order valence-corrected chi connectivity index (χ1v) is 7.91. The van der Waals surface area contributed by atoms with E-state index in [0.29, 0.717) is 11.3 Å². The Bertz CT molecular complexity index is 628. The van der Waals surface area contributed by atoms with Gasteiger partial charge in [-0.25, -0.2) is 21.9 Å². The molecule has 3 rings (SSSR count). The minimum atomic E-state index is -4.09. The van der Waals surface area contributed by atoms with Gasteiger partial charge in [0.2, 0.25) is 10.0 Å². The largest absolute Gasteiger partial charge is 0.488 e. The van der Waals surface area contributed by atoms with Crippen molar-refractivity contribution in [3.63, 3.8) is 0 Å². The fraction of sp³-hybridized carbons (Fsp3) is 0.538. The molecular weight excluding hydrogens is 288 g/mol. The highest BCUT2D eigenvalue weighted by atomic mass is 32.2. The molecule has 7 heteroatoms. The van der Waals surface area contributed by atoms with Crippen LogP contribution in [-0.4, -0.2) is 25.7 Å². The predicted molar refractivity (Wildman–Crippen MR) is 69.3 cm³/mol. The Kier molecular flexibility index (Phi) is 3.02. The fourth-order valence-corrected chi connectivity index (χ4v) is 4.30. The van der Waals surface area contributed by atoms with E-state index >= 15 is 0 Å². The summed E-state index contributed by atoms with van der Waals surface area (Å²) in [7, 11) is -4.09.